The lowest BCUT2D eigenvalue weighted by Gasteiger charge is -2.14. The third-order valence-corrected chi connectivity index (χ3v) is 6.42. The van der Waals surface area contributed by atoms with E-state index in [1.807, 2.05) is 31.3 Å². The van der Waals surface area contributed by atoms with Gasteiger partial charge in [-0.1, -0.05) is 6.07 Å². The normalized spacial score (nSPS) is 13.4. The summed E-state index contributed by atoms with van der Waals surface area (Å²) in [5.41, 5.74) is 6.91. The molecule has 2 N–H and O–H groups in total. The molecular formula is C26H28N4O. The molecule has 31 heavy (non-hydrogen) atoms. The number of carbonyl (C=O) groups is 1. The lowest BCUT2D eigenvalue weighted by atomic mass is 9.95. The Kier molecular flexibility index (Phi) is 5.10. The van der Waals surface area contributed by atoms with Crippen molar-refractivity contribution in [2.75, 3.05) is 12.4 Å². The lowest BCUT2D eigenvalue weighted by molar-refractivity contribution is 0.0951. The molecule has 0 atom stereocenters. The molecule has 0 saturated heterocycles. The Morgan fingerprint density at radius 1 is 1.06 bits per heavy atom. The van der Waals surface area contributed by atoms with Crippen molar-refractivity contribution in [1.29, 1.82) is 0 Å². The van der Waals surface area contributed by atoms with Gasteiger partial charge in [-0.15, -0.1) is 0 Å². The Morgan fingerprint density at radius 3 is 2.77 bits per heavy atom. The van der Waals surface area contributed by atoms with E-state index in [1.165, 1.54) is 35.0 Å². The average Bonchev–Trinajstić information content (AvgIpc) is 3.15. The highest BCUT2D eigenvalue weighted by atomic mass is 16.1. The van der Waals surface area contributed by atoms with E-state index >= 15 is 0 Å². The molecule has 1 amide bonds. The van der Waals surface area contributed by atoms with Crippen LogP contribution < -0.4 is 10.6 Å². The minimum Gasteiger partial charge on any atom is -0.373 e. The number of aromatic nitrogens is 2. The van der Waals surface area contributed by atoms with Crippen molar-refractivity contribution < 1.29 is 4.79 Å². The number of pyridine rings is 1. The van der Waals surface area contributed by atoms with E-state index in [4.69, 9.17) is 0 Å². The molecule has 5 heteroatoms. The summed E-state index contributed by atoms with van der Waals surface area (Å²) in [6.45, 7) is 3.67. The van der Waals surface area contributed by atoms with Crippen LogP contribution in [0.4, 0.5) is 5.82 Å². The SMILES string of the molecule is CCn1c2c(c3cc(C(=O)NCc4ccc5nc(NC)ccc5c4)ccc31)CCCC2. The van der Waals surface area contributed by atoms with Crippen LogP contribution in [0.5, 0.6) is 0 Å². The van der Waals surface area contributed by atoms with Crippen molar-refractivity contribution in [3.8, 4) is 0 Å². The van der Waals surface area contributed by atoms with E-state index in [9.17, 15) is 4.79 Å². The number of benzene rings is 2. The number of hydrogen-bond donors (Lipinski definition) is 2. The summed E-state index contributed by atoms with van der Waals surface area (Å²) in [4.78, 5) is 17.5. The van der Waals surface area contributed by atoms with Crippen LogP contribution in [0.15, 0.2) is 48.5 Å². The summed E-state index contributed by atoms with van der Waals surface area (Å²) in [7, 11) is 1.86. The van der Waals surface area contributed by atoms with Crippen molar-refractivity contribution in [1.82, 2.24) is 14.9 Å². The topological polar surface area (TPSA) is 59.0 Å². The molecule has 0 saturated carbocycles. The van der Waals surface area contributed by atoms with Gasteiger partial charge in [0.1, 0.15) is 5.82 Å². The van der Waals surface area contributed by atoms with Gasteiger partial charge in [0.15, 0.2) is 0 Å². The van der Waals surface area contributed by atoms with E-state index in [-0.39, 0.29) is 5.91 Å². The second-order valence-corrected chi connectivity index (χ2v) is 8.26. The number of aryl methyl sites for hydroxylation is 2. The smallest absolute Gasteiger partial charge is 0.251 e. The minimum absolute atomic E-state index is 0.0283. The van der Waals surface area contributed by atoms with Gasteiger partial charge in [0.25, 0.3) is 5.91 Å². The lowest BCUT2D eigenvalue weighted by Crippen LogP contribution is -2.22. The van der Waals surface area contributed by atoms with Gasteiger partial charge in [-0.25, -0.2) is 4.98 Å². The number of hydrogen-bond acceptors (Lipinski definition) is 3. The Hall–Kier alpha value is -3.34. The molecule has 5 nitrogen and oxygen atoms in total. The van der Waals surface area contributed by atoms with E-state index in [1.54, 1.807) is 0 Å². The Labute approximate surface area is 182 Å². The monoisotopic (exact) mass is 412 g/mol. The first-order valence-corrected chi connectivity index (χ1v) is 11.2. The van der Waals surface area contributed by atoms with Crippen LogP contribution in [0, 0.1) is 0 Å². The quantitative estimate of drug-likeness (QED) is 0.482. The van der Waals surface area contributed by atoms with Crippen molar-refractivity contribution in [3.63, 3.8) is 0 Å². The maximum Gasteiger partial charge on any atom is 0.251 e. The summed E-state index contributed by atoms with van der Waals surface area (Å²) < 4.78 is 2.42. The molecule has 0 aliphatic heterocycles. The van der Waals surface area contributed by atoms with Gasteiger partial charge in [-0.2, -0.15) is 0 Å². The largest absolute Gasteiger partial charge is 0.373 e. The first-order chi connectivity index (χ1) is 15.2. The Balaban J connectivity index is 1.37. The van der Waals surface area contributed by atoms with Gasteiger partial charge < -0.3 is 15.2 Å². The van der Waals surface area contributed by atoms with Crippen LogP contribution in [0.1, 0.15) is 46.9 Å². The fourth-order valence-electron chi connectivity index (χ4n) is 4.85. The first-order valence-electron chi connectivity index (χ1n) is 11.2. The van der Waals surface area contributed by atoms with Gasteiger partial charge >= 0.3 is 0 Å². The van der Waals surface area contributed by atoms with Crippen molar-refractivity contribution in [3.05, 3.63) is 70.9 Å². The summed E-state index contributed by atoms with van der Waals surface area (Å²) in [6, 6.07) is 16.3. The van der Waals surface area contributed by atoms with Crippen LogP contribution in [-0.2, 0) is 25.9 Å². The second kappa shape index (κ2) is 8.06. The molecular weight excluding hydrogens is 384 g/mol. The predicted molar refractivity (Wildman–Crippen MR) is 127 cm³/mol. The summed E-state index contributed by atoms with van der Waals surface area (Å²) in [6.07, 6.45) is 4.75. The number of fused-ring (bicyclic) bond motifs is 4. The van der Waals surface area contributed by atoms with Gasteiger partial charge in [-0.05, 0) is 86.2 Å². The number of nitrogens with zero attached hydrogens (tertiary/aromatic N) is 2. The summed E-state index contributed by atoms with van der Waals surface area (Å²) >= 11 is 0. The zero-order chi connectivity index (χ0) is 21.4. The molecule has 2 aromatic carbocycles. The van der Waals surface area contributed by atoms with Crippen molar-refractivity contribution in [2.45, 2.75) is 45.7 Å². The van der Waals surface area contributed by atoms with Gasteiger partial charge in [0.05, 0.1) is 5.52 Å². The van der Waals surface area contributed by atoms with Crippen molar-refractivity contribution in [2.24, 2.45) is 0 Å². The Morgan fingerprint density at radius 2 is 1.94 bits per heavy atom. The fraction of sp³-hybridized carbons (Fsp3) is 0.308. The number of nitrogens with one attached hydrogen (secondary N) is 2. The standard InChI is InChI=1S/C26H28N4O/c1-3-30-23-7-5-4-6-20(23)21-15-19(9-12-24(21)30)26(31)28-16-17-8-11-22-18(14-17)10-13-25(27-2)29-22/h8-15H,3-7,16H2,1-2H3,(H,27,29)(H,28,31). The van der Waals surface area contributed by atoms with E-state index in [0.29, 0.717) is 6.54 Å². The fourth-order valence-corrected chi connectivity index (χ4v) is 4.85. The molecule has 0 unspecified atom stereocenters. The molecule has 1 aliphatic carbocycles. The third kappa shape index (κ3) is 3.54. The summed E-state index contributed by atoms with van der Waals surface area (Å²) in [5, 5.41) is 8.47. The summed E-state index contributed by atoms with van der Waals surface area (Å²) in [5.74, 6) is 0.822. The van der Waals surface area contributed by atoms with E-state index < -0.39 is 0 Å². The Bertz CT molecular complexity index is 1290. The second-order valence-electron chi connectivity index (χ2n) is 8.26. The number of rotatable bonds is 5. The molecule has 158 valence electrons. The maximum absolute atomic E-state index is 12.9. The molecule has 0 bridgehead atoms. The molecule has 4 aromatic rings. The molecule has 0 spiro atoms. The van der Waals surface area contributed by atoms with Crippen LogP contribution in [0.3, 0.4) is 0 Å². The van der Waals surface area contributed by atoms with Crippen LogP contribution >= 0.6 is 0 Å². The van der Waals surface area contributed by atoms with Crippen LogP contribution in [0.25, 0.3) is 21.8 Å². The van der Waals surface area contributed by atoms with E-state index in [0.717, 1.165) is 47.2 Å². The average molecular weight is 413 g/mol. The highest BCUT2D eigenvalue weighted by molar-refractivity contribution is 5.99. The zero-order valence-electron chi connectivity index (χ0n) is 18.2. The van der Waals surface area contributed by atoms with Crippen molar-refractivity contribution >= 4 is 33.5 Å². The maximum atomic E-state index is 12.9. The molecule has 0 fully saturated rings. The highest BCUT2D eigenvalue weighted by Crippen LogP contribution is 2.32. The van der Waals surface area contributed by atoms with Crippen LogP contribution in [-0.4, -0.2) is 22.5 Å². The van der Waals surface area contributed by atoms with Crippen LogP contribution in [0.2, 0.25) is 0 Å². The van der Waals surface area contributed by atoms with Gasteiger partial charge in [-0.3, -0.25) is 4.79 Å². The zero-order valence-corrected chi connectivity index (χ0v) is 18.2. The molecule has 0 radical (unpaired) electrons. The predicted octanol–water partition coefficient (Wildman–Crippen LogP) is 5.06. The first kappa shape index (κ1) is 19.6. The van der Waals surface area contributed by atoms with Gasteiger partial charge in [0.2, 0.25) is 0 Å². The minimum atomic E-state index is -0.0283. The number of carbonyl (C=O) groups excluding carboxylic acids is 1. The van der Waals surface area contributed by atoms with Gasteiger partial charge in [0, 0.05) is 47.7 Å². The molecule has 1 aliphatic rings. The molecule has 2 heterocycles. The highest BCUT2D eigenvalue weighted by Gasteiger charge is 2.20. The van der Waals surface area contributed by atoms with E-state index in [2.05, 4.69) is 51.4 Å². The molecule has 5 rings (SSSR count). The number of anilines is 1. The third-order valence-electron chi connectivity index (χ3n) is 6.42. The molecule has 2 aromatic heterocycles. The number of amides is 1.